The number of carbonyl (C=O) groups excluding carboxylic acids is 1. The molecular formula is C18H18N2O3S. The number of fused-ring (bicyclic) bond motifs is 1. The lowest BCUT2D eigenvalue weighted by Gasteiger charge is -2.07. The number of para-hydroxylation sites is 1. The Balaban J connectivity index is 1.82. The van der Waals surface area contributed by atoms with Crippen LogP contribution < -0.4 is 0 Å². The van der Waals surface area contributed by atoms with E-state index in [-0.39, 0.29) is 11.7 Å². The lowest BCUT2D eigenvalue weighted by molar-refractivity contribution is -0.140. The first-order valence-electron chi connectivity index (χ1n) is 7.87. The molecule has 0 fully saturated rings. The van der Waals surface area contributed by atoms with E-state index in [9.17, 15) is 4.79 Å². The highest BCUT2D eigenvalue weighted by Gasteiger charge is 2.13. The zero-order valence-electron chi connectivity index (χ0n) is 13.4. The van der Waals surface area contributed by atoms with Crippen LogP contribution in [0.4, 0.5) is 0 Å². The number of ether oxygens (including phenoxy) is 1. The third-order valence-electron chi connectivity index (χ3n) is 3.40. The molecule has 0 aliphatic heterocycles. The van der Waals surface area contributed by atoms with Crippen LogP contribution in [0.25, 0.3) is 22.5 Å². The minimum absolute atomic E-state index is 0.225. The summed E-state index contributed by atoms with van der Waals surface area (Å²) < 4.78 is 10.6. The molecule has 0 radical (unpaired) electrons. The van der Waals surface area contributed by atoms with E-state index in [0.29, 0.717) is 18.2 Å². The van der Waals surface area contributed by atoms with Crippen LogP contribution in [0.1, 0.15) is 19.8 Å². The second kappa shape index (κ2) is 7.97. The van der Waals surface area contributed by atoms with Gasteiger partial charge in [-0.2, -0.15) is 0 Å². The minimum atomic E-state index is -0.226. The SMILES string of the molecule is CCCCOC(=O)CSc1nc(-c2ccco2)nc2ccccc12. The first-order chi connectivity index (χ1) is 11.8. The maximum absolute atomic E-state index is 11.8. The van der Waals surface area contributed by atoms with Crippen LogP contribution in [0, 0.1) is 0 Å². The van der Waals surface area contributed by atoms with Gasteiger partial charge >= 0.3 is 5.97 Å². The molecule has 0 atom stereocenters. The van der Waals surface area contributed by atoms with Crippen LogP contribution in [0.5, 0.6) is 0 Å². The summed E-state index contributed by atoms with van der Waals surface area (Å²) in [4.78, 5) is 20.9. The number of aromatic nitrogens is 2. The van der Waals surface area contributed by atoms with Gasteiger partial charge in [-0.05, 0) is 24.6 Å². The third-order valence-corrected chi connectivity index (χ3v) is 4.36. The summed E-state index contributed by atoms with van der Waals surface area (Å²) in [5, 5.41) is 1.67. The Bertz CT molecular complexity index is 818. The monoisotopic (exact) mass is 342 g/mol. The standard InChI is InChI=1S/C18H18N2O3S/c1-2-3-10-23-16(21)12-24-18-13-7-4-5-8-14(13)19-17(20-18)15-9-6-11-22-15/h4-9,11H,2-3,10,12H2,1H3. The number of furan rings is 1. The molecule has 2 aromatic heterocycles. The van der Waals surface area contributed by atoms with Gasteiger partial charge in [-0.25, -0.2) is 9.97 Å². The number of nitrogens with zero attached hydrogens (tertiary/aromatic N) is 2. The normalized spacial score (nSPS) is 10.9. The molecule has 3 aromatic rings. The Morgan fingerprint density at radius 3 is 2.88 bits per heavy atom. The molecule has 3 rings (SSSR count). The van der Waals surface area contributed by atoms with Gasteiger partial charge in [0.2, 0.25) is 0 Å². The summed E-state index contributed by atoms with van der Waals surface area (Å²) in [6.45, 7) is 2.53. The van der Waals surface area contributed by atoms with Crippen molar-refractivity contribution in [1.82, 2.24) is 9.97 Å². The molecular weight excluding hydrogens is 324 g/mol. The van der Waals surface area contributed by atoms with E-state index in [4.69, 9.17) is 9.15 Å². The summed E-state index contributed by atoms with van der Waals surface area (Å²) in [7, 11) is 0. The van der Waals surface area contributed by atoms with Gasteiger partial charge in [-0.3, -0.25) is 4.79 Å². The summed E-state index contributed by atoms with van der Waals surface area (Å²) in [5.41, 5.74) is 0.820. The number of hydrogen-bond donors (Lipinski definition) is 0. The van der Waals surface area contributed by atoms with Crippen LogP contribution in [-0.2, 0) is 9.53 Å². The summed E-state index contributed by atoms with van der Waals surface area (Å²) >= 11 is 1.36. The number of carbonyl (C=O) groups is 1. The zero-order chi connectivity index (χ0) is 16.8. The van der Waals surface area contributed by atoms with Crippen molar-refractivity contribution >= 4 is 28.6 Å². The van der Waals surface area contributed by atoms with E-state index < -0.39 is 0 Å². The van der Waals surface area contributed by atoms with Gasteiger partial charge in [-0.1, -0.05) is 43.3 Å². The first kappa shape index (κ1) is 16.5. The average Bonchev–Trinajstić information content (AvgIpc) is 3.14. The first-order valence-corrected chi connectivity index (χ1v) is 8.85. The van der Waals surface area contributed by atoms with Crippen molar-refractivity contribution in [3.05, 3.63) is 42.7 Å². The van der Waals surface area contributed by atoms with E-state index in [1.54, 1.807) is 12.3 Å². The van der Waals surface area contributed by atoms with E-state index in [2.05, 4.69) is 16.9 Å². The Hall–Kier alpha value is -2.34. The van der Waals surface area contributed by atoms with E-state index in [1.807, 2.05) is 30.3 Å². The van der Waals surface area contributed by atoms with Gasteiger partial charge in [0.15, 0.2) is 11.6 Å². The molecule has 2 heterocycles. The smallest absolute Gasteiger partial charge is 0.316 e. The zero-order valence-corrected chi connectivity index (χ0v) is 14.2. The number of rotatable bonds is 7. The third kappa shape index (κ3) is 3.94. The number of thioether (sulfide) groups is 1. The van der Waals surface area contributed by atoms with Gasteiger partial charge in [0.05, 0.1) is 24.1 Å². The van der Waals surface area contributed by atoms with Crippen LogP contribution in [-0.4, -0.2) is 28.3 Å². The van der Waals surface area contributed by atoms with Crippen LogP contribution in [0.15, 0.2) is 52.1 Å². The maximum Gasteiger partial charge on any atom is 0.316 e. The predicted octanol–water partition coefficient (Wildman–Crippen LogP) is 4.33. The number of esters is 1. The summed E-state index contributed by atoms with van der Waals surface area (Å²) in [6, 6.07) is 11.3. The fourth-order valence-corrected chi connectivity index (χ4v) is 2.99. The fraction of sp³-hybridized carbons (Fsp3) is 0.278. The highest BCUT2D eigenvalue weighted by molar-refractivity contribution is 8.00. The number of unbranched alkanes of at least 4 members (excludes halogenated alkanes) is 1. The van der Waals surface area contributed by atoms with Crippen LogP contribution in [0.3, 0.4) is 0 Å². The minimum Gasteiger partial charge on any atom is -0.465 e. The Labute approximate surface area is 144 Å². The summed E-state index contributed by atoms with van der Waals surface area (Å²) in [6.07, 6.45) is 3.48. The van der Waals surface area contributed by atoms with Crippen molar-refractivity contribution in [1.29, 1.82) is 0 Å². The Morgan fingerprint density at radius 2 is 2.08 bits per heavy atom. The van der Waals surface area contributed by atoms with E-state index in [1.165, 1.54) is 11.8 Å². The van der Waals surface area contributed by atoms with Crippen molar-refractivity contribution in [3.8, 4) is 11.6 Å². The van der Waals surface area contributed by atoms with Crippen molar-refractivity contribution in [3.63, 3.8) is 0 Å². The highest BCUT2D eigenvalue weighted by atomic mass is 32.2. The number of benzene rings is 1. The molecule has 0 unspecified atom stereocenters. The molecule has 0 amide bonds. The van der Waals surface area contributed by atoms with Crippen molar-refractivity contribution in [2.45, 2.75) is 24.8 Å². The van der Waals surface area contributed by atoms with Gasteiger partial charge < -0.3 is 9.15 Å². The molecule has 6 heteroatoms. The maximum atomic E-state index is 11.8. The summed E-state index contributed by atoms with van der Waals surface area (Å²) in [5.74, 6) is 1.12. The molecule has 24 heavy (non-hydrogen) atoms. The molecule has 0 aliphatic carbocycles. The van der Waals surface area contributed by atoms with E-state index in [0.717, 1.165) is 28.8 Å². The molecule has 0 saturated carbocycles. The van der Waals surface area contributed by atoms with E-state index >= 15 is 0 Å². The average molecular weight is 342 g/mol. The molecule has 1 aromatic carbocycles. The topological polar surface area (TPSA) is 65.2 Å². The second-order valence-electron chi connectivity index (χ2n) is 5.21. The second-order valence-corrected chi connectivity index (χ2v) is 6.17. The van der Waals surface area contributed by atoms with Crippen molar-refractivity contribution in [2.24, 2.45) is 0 Å². The fourth-order valence-electron chi connectivity index (χ4n) is 2.17. The quantitative estimate of drug-likeness (QED) is 0.276. The molecule has 0 aliphatic rings. The number of hydrogen-bond acceptors (Lipinski definition) is 6. The van der Waals surface area contributed by atoms with Crippen molar-refractivity contribution in [2.75, 3.05) is 12.4 Å². The lowest BCUT2D eigenvalue weighted by Crippen LogP contribution is -2.08. The Kier molecular flexibility index (Phi) is 5.48. The van der Waals surface area contributed by atoms with Gasteiger partial charge in [0, 0.05) is 5.39 Å². The van der Waals surface area contributed by atoms with Crippen LogP contribution in [0.2, 0.25) is 0 Å². The largest absolute Gasteiger partial charge is 0.465 e. The molecule has 0 spiro atoms. The van der Waals surface area contributed by atoms with Gasteiger partial charge in [0.25, 0.3) is 0 Å². The Morgan fingerprint density at radius 1 is 1.21 bits per heavy atom. The van der Waals surface area contributed by atoms with Gasteiger partial charge in [-0.15, -0.1) is 0 Å². The van der Waals surface area contributed by atoms with Gasteiger partial charge in [0.1, 0.15) is 5.03 Å². The molecule has 0 N–H and O–H groups in total. The molecule has 124 valence electrons. The molecule has 5 nitrogen and oxygen atoms in total. The highest BCUT2D eigenvalue weighted by Crippen LogP contribution is 2.28. The predicted molar refractivity (Wildman–Crippen MR) is 93.8 cm³/mol. The van der Waals surface area contributed by atoms with Crippen LogP contribution >= 0.6 is 11.8 Å². The molecule has 0 bridgehead atoms. The van der Waals surface area contributed by atoms with Crippen molar-refractivity contribution < 1.29 is 13.9 Å². The lowest BCUT2D eigenvalue weighted by atomic mass is 10.2. The molecule has 0 saturated heterocycles.